The maximum Gasteiger partial charge on any atom is 0.182 e. The third-order valence-electron chi connectivity index (χ3n) is 6.81. The van der Waals surface area contributed by atoms with Crippen molar-refractivity contribution in [1.82, 2.24) is 0 Å². The lowest BCUT2D eigenvalue weighted by Crippen LogP contribution is -2.11. The first-order chi connectivity index (χ1) is 15.6. The number of fused-ring (bicyclic) bond motifs is 1. The Morgan fingerprint density at radius 1 is 0.844 bits per heavy atom. The van der Waals surface area contributed by atoms with Crippen LogP contribution in [0.3, 0.4) is 0 Å². The second kappa shape index (κ2) is 9.07. The van der Waals surface area contributed by atoms with Crippen LogP contribution in [-0.4, -0.2) is 6.61 Å². The molecule has 0 bridgehead atoms. The van der Waals surface area contributed by atoms with Crippen LogP contribution in [0.4, 0.5) is 4.39 Å². The molecule has 1 aromatic heterocycles. The summed E-state index contributed by atoms with van der Waals surface area (Å²) in [5.74, 6) is 1.31. The number of thiophene rings is 1. The first-order valence-electron chi connectivity index (χ1n) is 11.6. The highest BCUT2D eigenvalue weighted by molar-refractivity contribution is 7.19. The second-order valence-electron chi connectivity index (χ2n) is 8.91. The normalized spacial score (nSPS) is 18.7. The van der Waals surface area contributed by atoms with Gasteiger partial charge in [-0.3, -0.25) is 0 Å². The topological polar surface area (TPSA) is 9.23 Å². The minimum atomic E-state index is -0.206. The quantitative estimate of drug-likeness (QED) is 0.299. The average Bonchev–Trinajstić information content (AvgIpc) is 3.27. The van der Waals surface area contributed by atoms with Crippen LogP contribution < -0.4 is 4.74 Å². The molecule has 1 nitrogen and oxygen atoms in total. The molecule has 0 radical (unpaired) electrons. The maximum atomic E-state index is 14.8. The Morgan fingerprint density at radius 2 is 1.47 bits per heavy atom. The summed E-state index contributed by atoms with van der Waals surface area (Å²) in [6.45, 7) is 4.49. The van der Waals surface area contributed by atoms with E-state index in [1.54, 1.807) is 17.4 Å². The monoisotopic (exact) mass is 444 g/mol. The van der Waals surface area contributed by atoms with Crippen molar-refractivity contribution in [1.29, 1.82) is 0 Å². The largest absolute Gasteiger partial charge is 0.491 e. The molecule has 0 unspecified atom stereocenters. The Morgan fingerprint density at radius 3 is 2.12 bits per heavy atom. The molecule has 1 aliphatic carbocycles. The van der Waals surface area contributed by atoms with Crippen LogP contribution in [0, 0.1) is 12.7 Å². The van der Waals surface area contributed by atoms with E-state index in [0.29, 0.717) is 24.2 Å². The molecule has 1 saturated carbocycles. The lowest BCUT2D eigenvalue weighted by molar-refractivity contribution is 0.323. The van der Waals surface area contributed by atoms with Crippen LogP contribution in [0.15, 0.2) is 66.7 Å². The summed E-state index contributed by atoms with van der Waals surface area (Å²) in [6.07, 6.45) is 4.71. The molecule has 5 rings (SSSR count). The maximum absolute atomic E-state index is 14.8. The molecule has 164 valence electrons. The van der Waals surface area contributed by atoms with Gasteiger partial charge in [0.05, 0.1) is 11.3 Å². The molecule has 3 heteroatoms. The summed E-state index contributed by atoms with van der Waals surface area (Å²) in [4.78, 5) is 1.32. The molecule has 0 amide bonds. The summed E-state index contributed by atoms with van der Waals surface area (Å²) in [5, 5.41) is 1.000. The fourth-order valence-corrected chi connectivity index (χ4v) is 6.20. The standard InChI is InChI=1S/C29H29FOS/c1-3-31-26-17-16-25-18-27(32-29(25)28(26)30)24-14-12-23(13-15-24)22-10-8-21(9-11-22)20-6-4-19(2)5-7-20/h4-11,16-18,23-24H,3,12-15H2,1-2H3. The van der Waals surface area contributed by atoms with Crippen molar-refractivity contribution in [2.75, 3.05) is 6.61 Å². The minimum Gasteiger partial charge on any atom is -0.491 e. The van der Waals surface area contributed by atoms with E-state index < -0.39 is 0 Å². The Hall–Kier alpha value is -2.65. The zero-order valence-electron chi connectivity index (χ0n) is 18.7. The van der Waals surface area contributed by atoms with E-state index in [0.717, 1.165) is 22.9 Å². The highest BCUT2D eigenvalue weighted by atomic mass is 32.1. The average molecular weight is 445 g/mol. The van der Waals surface area contributed by atoms with Crippen molar-refractivity contribution in [2.24, 2.45) is 0 Å². The number of hydrogen-bond donors (Lipinski definition) is 0. The Labute approximate surface area is 193 Å². The van der Waals surface area contributed by atoms with Gasteiger partial charge in [-0.2, -0.15) is 0 Å². The molecule has 0 N–H and O–H groups in total. The van der Waals surface area contributed by atoms with Gasteiger partial charge in [-0.1, -0.05) is 54.1 Å². The van der Waals surface area contributed by atoms with E-state index in [1.165, 1.54) is 40.0 Å². The predicted molar refractivity (Wildman–Crippen MR) is 134 cm³/mol. The minimum absolute atomic E-state index is 0.206. The van der Waals surface area contributed by atoms with E-state index in [-0.39, 0.29) is 5.82 Å². The van der Waals surface area contributed by atoms with Crippen LogP contribution in [-0.2, 0) is 0 Å². The summed E-state index contributed by atoms with van der Waals surface area (Å²) >= 11 is 1.61. The SMILES string of the molecule is CCOc1ccc2cc(C3CCC(c4ccc(-c5ccc(C)cc5)cc4)CC3)sc2c1F. The lowest BCUT2D eigenvalue weighted by atomic mass is 9.78. The van der Waals surface area contributed by atoms with Crippen LogP contribution >= 0.6 is 11.3 Å². The lowest BCUT2D eigenvalue weighted by Gasteiger charge is -2.28. The third kappa shape index (κ3) is 4.19. The number of rotatable bonds is 5. The fraction of sp³-hybridized carbons (Fsp3) is 0.310. The Bertz CT molecular complexity index is 1200. The highest BCUT2D eigenvalue weighted by Crippen LogP contribution is 2.45. The Kier molecular flexibility index (Phi) is 6.01. The van der Waals surface area contributed by atoms with Gasteiger partial charge in [0.15, 0.2) is 11.6 Å². The van der Waals surface area contributed by atoms with Crippen molar-refractivity contribution in [2.45, 2.75) is 51.4 Å². The van der Waals surface area contributed by atoms with Crippen molar-refractivity contribution < 1.29 is 9.13 Å². The summed E-state index contributed by atoms with van der Waals surface area (Å²) in [7, 11) is 0. The highest BCUT2D eigenvalue weighted by Gasteiger charge is 2.25. The van der Waals surface area contributed by atoms with Gasteiger partial charge in [-0.15, -0.1) is 11.3 Å². The van der Waals surface area contributed by atoms with Gasteiger partial charge in [0.25, 0.3) is 0 Å². The van der Waals surface area contributed by atoms with Gasteiger partial charge < -0.3 is 4.74 Å². The van der Waals surface area contributed by atoms with Gasteiger partial charge in [0, 0.05) is 4.88 Å². The molecule has 1 aliphatic rings. The van der Waals surface area contributed by atoms with Crippen molar-refractivity contribution >= 4 is 21.4 Å². The summed E-state index contributed by atoms with van der Waals surface area (Å²) in [6, 6.07) is 23.8. The predicted octanol–water partition coefficient (Wildman–Crippen LogP) is 8.86. The van der Waals surface area contributed by atoms with Gasteiger partial charge in [-0.05, 0) is 91.6 Å². The molecule has 1 heterocycles. The summed E-state index contributed by atoms with van der Waals surface area (Å²) < 4.78 is 21.0. The van der Waals surface area contributed by atoms with E-state index in [1.807, 2.05) is 13.0 Å². The number of aryl methyl sites for hydroxylation is 1. The number of ether oxygens (including phenoxy) is 1. The van der Waals surface area contributed by atoms with Crippen LogP contribution in [0.5, 0.6) is 5.75 Å². The first-order valence-corrected chi connectivity index (χ1v) is 12.5. The van der Waals surface area contributed by atoms with Crippen molar-refractivity contribution in [3.63, 3.8) is 0 Å². The molecule has 1 fully saturated rings. The van der Waals surface area contributed by atoms with Crippen LogP contribution in [0.2, 0.25) is 0 Å². The van der Waals surface area contributed by atoms with Gasteiger partial charge in [-0.25, -0.2) is 4.39 Å². The molecule has 3 aromatic carbocycles. The molecule has 4 aromatic rings. The fourth-order valence-electron chi connectivity index (χ4n) is 4.94. The molecular weight excluding hydrogens is 415 g/mol. The molecule has 0 saturated heterocycles. The zero-order chi connectivity index (χ0) is 22.1. The van der Waals surface area contributed by atoms with E-state index in [4.69, 9.17) is 4.74 Å². The van der Waals surface area contributed by atoms with Crippen LogP contribution in [0.1, 0.15) is 60.4 Å². The summed E-state index contributed by atoms with van der Waals surface area (Å²) in [5.41, 5.74) is 5.29. The van der Waals surface area contributed by atoms with Crippen LogP contribution in [0.25, 0.3) is 21.2 Å². The first kappa shape index (κ1) is 21.2. The van der Waals surface area contributed by atoms with Crippen molar-refractivity contribution in [3.8, 4) is 16.9 Å². The number of benzene rings is 3. The number of hydrogen-bond acceptors (Lipinski definition) is 2. The second-order valence-corrected chi connectivity index (χ2v) is 10.00. The Balaban J connectivity index is 1.27. The smallest absolute Gasteiger partial charge is 0.182 e. The van der Waals surface area contributed by atoms with E-state index in [9.17, 15) is 4.39 Å². The van der Waals surface area contributed by atoms with Crippen molar-refractivity contribution in [3.05, 3.63) is 88.6 Å². The molecule has 32 heavy (non-hydrogen) atoms. The number of halogens is 1. The zero-order valence-corrected chi connectivity index (χ0v) is 19.6. The van der Waals surface area contributed by atoms with Gasteiger partial charge in [0.1, 0.15) is 0 Å². The van der Waals surface area contributed by atoms with E-state index in [2.05, 4.69) is 61.5 Å². The van der Waals surface area contributed by atoms with E-state index >= 15 is 0 Å². The van der Waals surface area contributed by atoms with Gasteiger partial charge >= 0.3 is 0 Å². The van der Waals surface area contributed by atoms with Gasteiger partial charge in [0.2, 0.25) is 0 Å². The third-order valence-corrected chi connectivity index (χ3v) is 8.11. The molecule has 0 atom stereocenters. The molecule has 0 aliphatic heterocycles. The molecule has 0 spiro atoms. The molecular formula is C29H29FOS.